The summed E-state index contributed by atoms with van der Waals surface area (Å²) in [5.41, 5.74) is 2.54. The third-order valence-electron chi connectivity index (χ3n) is 2.86. The van der Waals surface area contributed by atoms with Gasteiger partial charge >= 0.3 is 0 Å². The molecule has 2 N–H and O–H groups in total. The fraction of sp³-hybridized carbons (Fsp3) is 0.562. The van der Waals surface area contributed by atoms with E-state index in [4.69, 9.17) is 0 Å². The summed E-state index contributed by atoms with van der Waals surface area (Å²) in [5.74, 6) is 0.101. The fourth-order valence-electron chi connectivity index (χ4n) is 1.98. The Balaban J connectivity index is 2.29. The molecule has 0 spiro atoms. The maximum atomic E-state index is 11.6. The van der Waals surface area contributed by atoms with E-state index < -0.39 is 0 Å². The fourth-order valence-corrected chi connectivity index (χ4v) is 1.98. The van der Waals surface area contributed by atoms with E-state index in [9.17, 15) is 4.79 Å². The van der Waals surface area contributed by atoms with Gasteiger partial charge in [0, 0.05) is 25.0 Å². The van der Waals surface area contributed by atoms with E-state index in [1.807, 2.05) is 20.8 Å². The molecule has 1 rings (SSSR count). The van der Waals surface area contributed by atoms with Gasteiger partial charge < -0.3 is 10.6 Å². The predicted molar refractivity (Wildman–Crippen MR) is 80.0 cm³/mol. The van der Waals surface area contributed by atoms with Crippen LogP contribution in [0.3, 0.4) is 0 Å². The Kier molecular flexibility index (Phi) is 6.03. The number of carbonyl (C=O) groups is 1. The second-order valence-corrected chi connectivity index (χ2v) is 5.85. The van der Waals surface area contributed by atoms with Gasteiger partial charge in [0.25, 0.3) is 0 Å². The summed E-state index contributed by atoms with van der Waals surface area (Å²) in [4.78, 5) is 11.6. The summed E-state index contributed by atoms with van der Waals surface area (Å²) >= 11 is 0. The van der Waals surface area contributed by atoms with Gasteiger partial charge in [0.15, 0.2) is 0 Å². The van der Waals surface area contributed by atoms with E-state index in [2.05, 4.69) is 41.8 Å². The zero-order valence-electron chi connectivity index (χ0n) is 12.5. The number of hydrogen-bond donors (Lipinski definition) is 2. The molecule has 0 radical (unpaired) electrons. The highest BCUT2D eigenvalue weighted by molar-refractivity contribution is 5.76. The van der Waals surface area contributed by atoms with Crippen LogP contribution in [0.15, 0.2) is 24.3 Å². The quantitative estimate of drug-likeness (QED) is 0.774. The largest absolute Gasteiger partial charge is 0.351 e. The SMILES string of the molecule is CCc1ccccc1CNCCC(=O)NC(C)(C)C. The Bertz CT molecular complexity index is 407. The van der Waals surface area contributed by atoms with Crippen molar-refractivity contribution in [3.05, 3.63) is 35.4 Å². The van der Waals surface area contributed by atoms with Gasteiger partial charge in [-0.15, -0.1) is 0 Å². The summed E-state index contributed by atoms with van der Waals surface area (Å²) in [7, 11) is 0. The van der Waals surface area contributed by atoms with Gasteiger partial charge in [-0.25, -0.2) is 0 Å². The second kappa shape index (κ2) is 7.29. The molecule has 0 aliphatic rings. The van der Waals surface area contributed by atoms with Crippen molar-refractivity contribution in [3.63, 3.8) is 0 Å². The second-order valence-electron chi connectivity index (χ2n) is 5.85. The molecule has 0 aliphatic carbocycles. The molecular formula is C16H26N2O. The minimum Gasteiger partial charge on any atom is -0.351 e. The van der Waals surface area contributed by atoms with Crippen LogP contribution in [0.1, 0.15) is 45.2 Å². The minimum absolute atomic E-state index is 0.101. The monoisotopic (exact) mass is 262 g/mol. The molecule has 1 aromatic carbocycles. The van der Waals surface area contributed by atoms with E-state index in [0.717, 1.165) is 13.0 Å². The van der Waals surface area contributed by atoms with E-state index in [1.165, 1.54) is 11.1 Å². The molecule has 0 heterocycles. The zero-order valence-corrected chi connectivity index (χ0v) is 12.5. The standard InChI is InChI=1S/C16H26N2O/c1-5-13-8-6-7-9-14(13)12-17-11-10-15(19)18-16(2,3)4/h6-9,17H,5,10-12H2,1-4H3,(H,18,19). The van der Waals surface area contributed by atoms with Crippen LogP contribution in [0.4, 0.5) is 0 Å². The Morgan fingerprint density at radius 3 is 2.37 bits per heavy atom. The van der Waals surface area contributed by atoms with E-state index >= 15 is 0 Å². The van der Waals surface area contributed by atoms with Crippen molar-refractivity contribution in [2.75, 3.05) is 6.54 Å². The van der Waals surface area contributed by atoms with Crippen molar-refractivity contribution in [2.24, 2.45) is 0 Å². The maximum absolute atomic E-state index is 11.6. The molecule has 0 saturated carbocycles. The molecule has 0 fully saturated rings. The zero-order chi connectivity index (χ0) is 14.3. The van der Waals surface area contributed by atoms with Crippen LogP contribution in [0.5, 0.6) is 0 Å². The number of carbonyl (C=O) groups excluding carboxylic acids is 1. The average Bonchev–Trinajstić information content (AvgIpc) is 2.33. The number of hydrogen-bond acceptors (Lipinski definition) is 2. The molecule has 3 heteroatoms. The Morgan fingerprint density at radius 1 is 1.16 bits per heavy atom. The van der Waals surface area contributed by atoms with Crippen LogP contribution in [0.25, 0.3) is 0 Å². The lowest BCUT2D eigenvalue weighted by molar-refractivity contribution is -0.122. The van der Waals surface area contributed by atoms with Crippen LogP contribution in [0, 0.1) is 0 Å². The first-order valence-corrected chi connectivity index (χ1v) is 7.01. The van der Waals surface area contributed by atoms with Gasteiger partial charge in [0.1, 0.15) is 0 Å². The molecule has 19 heavy (non-hydrogen) atoms. The summed E-state index contributed by atoms with van der Waals surface area (Å²) in [6, 6.07) is 8.42. The molecular weight excluding hydrogens is 236 g/mol. The first-order valence-electron chi connectivity index (χ1n) is 7.01. The van der Waals surface area contributed by atoms with Crippen LogP contribution in [0.2, 0.25) is 0 Å². The van der Waals surface area contributed by atoms with Crippen LogP contribution < -0.4 is 10.6 Å². The molecule has 0 aromatic heterocycles. The maximum Gasteiger partial charge on any atom is 0.221 e. The summed E-state index contributed by atoms with van der Waals surface area (Å²) in [6.45, 7) is 9.68. The van der Waals surface area contributed by atoms with Crippen molar-refractivity contribution >= 4 is 5.91 Å². The summed E-state index contributed by atoms with van der Waals surface area (Å²) < 4.78 is 0. The third kappa shape index (κ3) is 6.39. The highest BCUT2D eigenvalue weighted by atomic mass is 16.1. The Morgan fingerprint density at radius 2 is 1.79 bits per heavy atom. The first kappa shape index (κ1) is 15.7. The average molecular weight is 262 g/mol. The number of rotatable bonds is 6. The molecule has 0 unspecified atom stereocenters. The molecule has 1 aromatic rings. The normalized spacial score (nSPS) is 11.4. The molecule has 3 nitrogen and oxygen atoms in total. The third-order valence-corrected chi connectivity index (χ3v) is 2.86. The van der Waals surface area contributed by atoms with E-state index in [1.54, 1.807) is 0 Å². The van der Waals surface area contributed by atoms with Crippen LogP contribution in [-0.2, 0) is 17.8 Å². The van der Waals surface area contributed by atoms with E-state index in [-0.39, 0.29) is 11.4 Å². The van der Waals surface area contributed by atoms with Crippen molar-refractivity contribution in [1.82, 2.24) is 10.6 Å². The smallest absolute Gasteiger partial charge is 0.221 e. The molecule has 0 bridgehead atoms. The van der Waals surface area contributed by atoms with Crippen molar-refractivity contribution in [2.45, 2.75) is 52.6 Å². The van der Waals surface area contributed by atoms with E-state index in [0.29, 0.717) is 13.0 Å². The molecule has 0 saturated heterocycles. The summed E-state index contributed by atoms with van der Waals surface area (Å²) in [5, 5.41) is 6.29. The van der Waals surface area contributed by atoms with Crippen LogP contribution in [-0.4, -0.2) is 18.0 Å². The lowest BCUT2D eigenvalue weighted by atomic mass is 10.1. The highest BCUT2D eigenvalue weighted by Gasteiger charge is 2.12. The molecule has 0 aliphatic heterocycles. The molecule has 1 amide bonds. The topological polar surface area (TPSA) is 41.1 Å². The van der Waals surface area contributed by atoms with Gasteiger partial charge in [0.05, 0.1) is 0 Å². The summed E-state index contributed by atoms with van der Waals surface area (Å²) in [6.07, 6.45) is 1.56. The Hall–Kier alpha value is -1.35. The van der Waals surface area contributed by atoms with Gasteiger partial charge in [-0.3, -0.25) is 4.79 Å². The van der Waals surface area contributed by atoms with Gasteiger partial charge in [-0.05, 0) is 38.3 Å². The lowest BCUT2D eigenvalue weighted by Gasteiger charge is -2.20. The molecule has 0 atom stereocenters. The van der Waals surface area contributed by atoms with Crippen molar-refractivity contribution in [3.8, 4) is 0 Å². The number of nitrogens with one attached hydrogen (secondary N) is 2. The van der Waals surface area contributed by atoms with Crippen molar-refractivity contribution < 1.29 is 4.79 Å². The Labute approximate surface area is 116 Å². The van der Waals surface area contributed by atoms with Gasteiger partial charge in [0.2, 0.25) is 5.91 Å². The minimum atomic E-state index is -0.147. The van der Waals surface area contributed by atoms with Crippen LogP contribution >= 0.6 is 0 Å². The lowest BCUT2D eigenvalue weighted by Crippen LogP contribution is -2.41. The predicted octanol–water partition coefficient (Wildman–Crippen LogP) is 2.64. The number of aryl methyl sites for hydroxylation is 1. The molecule has 106 valence electrons. The van der Waals surface area contributed by atoms with Gasteiger partial charge in [-0.2, -0.15) is 0 Å². The highest BCUT2D eigenvalue weighted by Crippen LogP contribution is 2.08. The van der Waals surface area contributed by atoms with Crippen molar-refractivity contribution in [1.29, 1.82) is 0 Å². The number of benzene rings is 1. The van der Waals surface area contributed by atoms with Gasteiger partial charge in [-0.1, -0.05) is 31.2 Å². The number of amides is 1. The first-order chi connectivity index (χ1) is 8.92.